The van der Waals surface area contributed by atoms with Crippen LogP contribution in [0.1, 0.15) is 39.0 Å². The van der Waals surface area contributed by atoms with Gasteiger partial charge < -0.3 is 5.32 Å². The maximum absolute atomic E-state index is 3.75. The summed E-state index contributed by atoms with van der Waals surface area (Å²) in [5, 5.41) is 4.67. The van der Waals surface area contributed by atoms with Crippen LogP contribution < -0.4 is 5.32 Å². The lowest BCUT2D eigenvalue weighted by molar-refractivity contribution is 0.132. The van der Waals surface area contributed by atoms with Gasteiger partial charge >= 0.3 is 0 Å². The van der Waals surface area contributed by atoms with Gasteiger partial charge in [-0.15, -0.1) is 0 Å². The van der Waals surface area contributed by atoms with E-state index in [0.29, 0.717) is 0 Å². The average molecular weight is 254 g/mol. The second-order valence-electron chi connectivity index (χ2n) is 6.14. The molecule has 1 saturated carbocycles. The SMILES string of the molecule is CC1CNC(C2CC2)CN1CC1CCCCS1. The zero-order chi connectivity index (χ0) is 11.7. The summed E-state index contributed by atoms with van der Waals surface area (Å²) in [6, 6.07) is 1.55. The van der Waals surface area contributed by atoms with Crippen LogP contribution in [0.2, 0.25) is 0 Å². The lowest BCUT2D eigenvalue weighted by Gasteiger charge is -2.41. The Morgan fingerprint density at radius 3 is 2.82 bits per heavy atom. The zero-order valence-corrected chi connectivity index (χ0v) is 11.8. The summed E-state index contributed by atoms with van der Waals surface area (Å²) in [7, 11) is 0. The Labute approximate surface area is 110 Å². The number of thioether (sulfide) groups is 1. The van der Waals surface area contributed by atoms with Crippen molar-refractivity contribution in [2.24, 2.45) is 5.92 Å². The molecule has 98 valence electrons. The Morgan fingerprint density at radius 1 is 1.24 bits per heavy atom. The van der Waals surface area contributed by atoms with E-state index < -0.39 is 0 Å². The highest BCUT2D eigenvalue weighted by Gasteiger charge is 2.36. The smallest absolute Gasteiger partial charge is 0.0224 e. The standard InChI is InChI=1S/C14H26N2S/c1-11-8-15-14(12-5-6-12)10-16(11)9-13-4-2-3-7-17-13/h11-15H,2-10H2,1H3. The van der Waals surface area contributed by atoms with Crippen LogP contribution in [-0.4, -0.2) is 47.6 Å². The summed E-state index contributed by atoms with van der Waals surface area (Å²) in [5.41, 5.74) is 0. The van der Waals surface area contributed by atoms with Crippen LogP contribution in [0.15, 0.2) is 0 Å². The van der Waals surface area contributed by atoms with Gasteiger partial charge in [0.15, 0.2) is 0 Å². The lowest BCUT2D eigenvalue weighted by atomic mass is 10.1. The van der Waals surface area contributed by atoms with E-state index in [4.69, 9.17) is 0 Å². The monoisotopic (exact) mass is 254 g/mol. The van der Waals surface area contributed by atoms with E-state index in [9.17, 15) is 0 Å². The van der Waals surface area contributed by atoms with E-state index in [0.717, 1.165) is 23.3 Å². The van der Waals surface area contributed by atoms with E-state index in [1.807, 2.05) is 0 Å². The summed E-state index contributed by atoms with van der Waals surface area (Å²) >= 11 is 2.22. The number of nitrogens with one attached hydrogen (secondary N) is 1. The van der Waals surface area contributed by atoms with Crippen molar-refractivity contribution in [3.05, 3.63) is 0 Å². The third-order valence-electron chi connectivity index (χ3n) is 4.63. The van der Waals surface area contributed by atoms with Crippen molar-refractivity contribution in [1.29, 1.82) is 0 Å². The molecule has 2 heterocycles. The van der Waals surface area contributed by atoms with Gasteiger partial charge in [-0.05, 0) is 44.3 Å². The van der Waals surface area contributed by atoms with Gasteiger partial charge in [-0.25, -0.2) is 0 Å². The van der Waals surface area contributed by atoms with Gasteiger partial charge in [0.2, 0.25) is 0 Å². The average Bonchev–Trinajstić information content (AvgIpc) is 3.17. The zero-order valence-electron chi connectivity index (χ0n) is 11.0. The van der Waals surface area contributed by atoms with Gasteiger partial charge in [-0.3, -0.25) is 4.90 Å². The van der Waals surface area contributed by atoms with E-state index in [1.54, 1.807) is 0 Å². The molecule has 0 spiro atoms. The molecule has 3 unspecified atom stereocenters. The Hall–Kier alpha value is 0.270. The Morgan fingerprint density at radius 2 is 2.12 bits per heavy atom. The molecule has 3 rings (SSSR count). The molecule has 1 N–H and O–H groups in total. The first-order chi connectivity index (χ1) is 8.33. The van der Waals surface area contributed by atoms with E-state index >= 15 is 0 Å². The van der Waals surface area contributed by atoms with Crippen molar-refractivity contribution in [2.45, 2.75) is 56.4 Å². The fourth-order valence-corrected chi connectivity index (χ4v) is 4.56. The molecular formula is C14H26N2S. The van der Waals surface area contributed by atoms with Crippen molar-refractivity contribution in [1.82, 2.24) is 10.2 Å². The van der Waals surface area contributed by atoms with Gasteiger partial charge in [-0.1, -0.05) is 6.42 Å². The van der Waals surface area contributed by atoms with Crippen molar-refractivity contribution >= 4 is 11.8 Å². The van der Waals surface area contributed by atoms with Crippen LogP contribution in [0, 0.1) is 5.92 Å². The Balaban J connectivity index is 1.52. The molecule has 3 aliphatic rings. The predicted octanol–water partition coefficient (Wildman–Crippen LogP) is 2.34. The van der Waals surface area contributed by atoms with Crippen LogP contribution in [0.5, 0.6) is 0 Å². The molecule has 0 aromatic carbocycles. The molecule has 1 aliphatic carbocycles. The highest BCUT2D eigenvalue weighted by Crippen LogP contribution is 2.35. The van der Waals surface area contributed by atoms with Crippen molar-refractivity contribution < 1.29 is 0 Å². The molecule has 3 fully saturated rings. The van der Waals surface area contributed by atoms with Crippen LogP contribution >= 0.6 is 11.8 Å². The lowest BCUT2D eigenvalue weighted by Crippen LogP contribution is -2.57. The highest BCUT2D eigenvalue weighted by molar-refractivity contribution is 7.99. The molecule has 2 saturated heterocycles. The first-order valence-corrected chi connectivity index (χ1v) is 8.47. The molecule has 3 atom stereocenters. The maximum Gasteiger partial charge on any atom is 0.0224 e. The summed E-state index contributed by atoms with van der Waals surface area (Å²) in [6.07, 6.45) is 7.30. The molecule has 0 aromatic heterocycles. The molecule has 0 amide bonds. The summed E-state index contributed by atoms with van der Waals surface area (Å²) < 4.78 is 0. The van der Waals surface area contributed by atoms with E-state index in [2.05, 4.69) is 28.9 Å². The summed E-state index contributed by atoms with van der Waals surface area (Å²) in [4.78, 5) is 2.77. The molecule has 2 aliphatic heterocycles. The molecule has 0 radical (unpaired) electrons. The topological polar surface area (TPSA) is 15.3 Å². The second-order valence-corrected chi connectivity index (χ2v) is 7.55. The molecule has 2 nitrogen and oxygen atoms in total. The molecule has 0 bridgehead atoms. The summed E-state index contributed by atoms with van der Waals surface area (Å²) in [5.74, 6) is 2.40. The highest BCUT2D eigenvalue weighted by atomic mass is 32.2. The Bertz CT molecular complexity index is 249. The van der Waals surface area contributed by atoms with Crippen molar-refractivity contribution in [3.8, 4) is 0 Å². The van der Waals surface area contributed by atoms with Gasteiger partial charge in [0, 0.05) is 37.0 Å². The van der Waals surface area contributed by atoms with Gasteiger partial charge in [-0.2, -0.15) is 11.8 Å². The first-order valence-electron chi connectivity index (χ1n) is 7.42. The number of rotatable bonds is 3. The van der Waals surface area contributed by atoms with E-state index in [1.165, 1.54) is 57.5 Å². The summed E-state index contributed by atoms with van der Waals surface area (Å²) in [6.45, 7) is 6.25. The molecule has 0 aromatic rings. The normalized spacial score (nSPS) is 40.4. The number of hydrogen-bond donors (Lipinski definition) is 1. The quantitative estimate of drug-likeness (QED) is 0.832. The van der Waals surface area contributed by atoms with Crippen LogP contribution in [-0.2, 0) is 0 Å². The van der Waals surface area contributed by atoms with E-state index in [-0.39, 0.29) is 0 Å². The van der Waals surface area contributed by atoms with Crippen LogP contribution in [0.3, 0.4) is 0 Å². The van der Waals surface area contributed by atoms with Gasteiger partial charge in [0.1, 0.15) is 0 Å². The fraction of sp³-hybridized carbons (Fsp3) is 1.00. The van der Waals surface area contributed by atoms with Gasteiger partial charge in [0.25, 0.3) is 0 Å². The van der Waals surface area contributed by atoms with Crippen molar-refractivity contribution in [2.75, 3.05) is 25.4 Å². The minimum Gasteiger partial charge on any atom is -0.311 e. The maximum atomic E-state index is 3.75. The minimum atomic E-state index is 0.743. The molecule has 3 heteroatoms. The largest absolute Gasteiger partial charge is 0.311 e. The molecule has 17 heavy (non-hydrogen) atoms. The van der Waals surface area contributed by atoms with Gasteiger partial charge in [0.05, 0.1) is 0 Å². The molecular weight excluding hydrogens is 228 g/mol. The van der Waals surface area contributed by atoms with Crippen LogP contribution in [0.25, 0.3) is 0 Å². The predicted molar refractivity (Wildman–Crippen MR) is 75.6 cm³/mol. The first kappa shape index (κ1) is 12.3. The minimum absolute atomic E-state index is 0.743. The fourth-order valence-electron chi connectivity index (χ4n) is 3.23. The third kappa shape index (κ3) is 3.18. The third-order valence-corrected chi connectivity index (χ3v) is 6.01. The Kier molecular flexibility index (Phi) is 3.98. The number of piperazine rings is 1. The second kappa shape index (κ2) is 5.50. The number of hydrogen-bond acceptors (Lipinski definition) is 3. The van der Waals surface area contributed by atoms with Crippen molar-refractivity contribution in [3.63, 3.8) is 0 Å². The number of nitrogens with zero attached hydrogens (tertiary/aromatic N) is 1. The van der Waals surface area contributed by atoms with Crippen LogP contribution in [0.4, 0.5) is 0 Å².